The van der Waals surface area contributed by atoms with Crippen LogP contribution < -0.4 is 5.32 Å². The minimum Gasteiger partial charge on any atom is -0.455 e. The van der Waals surface area contributed by atoms with Gasteiger partial charge in [0.1, 0.15) is 11.5 Å². The molecule has 0 saturated heterocycles. The van der Waals surface area contributed by atoms with Gasteiger partial charge in [-0.1, -0.05) is 41.4 Å². The second-order valence-corrected chi connectivity index (χ2v) is 6.36. The number of nitrogens with zero attached hydrogens (tertiary/aromatic N) is 2. The first-order valence-corrected chi connectivity index (χ1v) is 8.44. The van der Waals surface area contributed by atoms with Crippen LogP contribution in [0.3, 0.4) is 0 Å². The molecule has 0 atom stereocenters. The number of carbonyl (C=O) groups is 1. The lowest BCUT2D eigenvalue weighted by Gasteiger charge is -2.00. The molecule has 2 heterocycles. The van der Waals surface area contributed by atoms with Crippen molar-refractivity contribution >= 4 is 46.7 Å². The fourth-order valence-electron chi connectivity index (χ4n) is 2.60. The van der Waals surface area contributed by atoms with Crippen molar-refractivity contribution in [2.75, 3.05) is 5.32 Å². The molecule has 0 aliphatic carbocycles. The summed E-state index contributed by atoms with van der Waals surface area (Å²) < 4.78 is 5.70. The van der Waals surface area contributed by atoms with Crippen LogP contribution >= 0.6 is 23.2 Å². The van der Waals surface area contributed by atoms with E-state index in [-0.39, 0.29) is 11.6 Å². The number of halogens is 2. The van der Waals surface area contributed by atoms with Crippen molar-refractivity contribution in [2.24, 2.45) is 10.2 Å². The number of rotatable bonds is 3. The van der Waals surface area contributed by atoms with E-state index in [4.69, 9.17) is 27.6 Å². The molecule has 1 amide bonds. The number of furan rings is 1. The number of amides is 1. The minimum absolute atomic E-state index is 0.268. The maximum Gasteiger partial charge on any atom is 0.276 e. The van der Waals surface area contributed by atoms with Crippen molar-refractivity contribution in [3.8, 4) is 11.3 Å². The summed E-state index contributed by atoms with van der Waals surface area (Å²) in [6.07, 6.45) is 1.44. The number of para-hydroxylation sites is 1. The molecular formula is C19H11Cl2N3O2. The van der Waals surface area contributed by atoms with Gasteiger partial charge in [0, 0.05) is 16.1 Å². The van der Waals surface area contributed by atoms with E-state index in [2.05, 4.69) is 15.5 Å². The fourth-order valence-corrected chi connectivity index (χ4v) is 3.10. The predicted molar refractivity (Wildman–Crippen MR) is 103 cm³/mol. The number of anilines is 1. The Morgan fingerprint density at radius 2 is 1.85 bits per heavy atom. The van der Waals surface area contributed by atoms with Crippen LogP contribution in [0.25, 0.3) is 11.3 Å². The van der Waals surface area contributed by atoms with Gasteiger partial charge in [0.15, 0.2) is 5.71 Å². The molecule has 7 heteroatoms. The molecule has 0 saturated carbocycles. The van der Waals surface area contributed by atoms with Gasteiger partial charge in [0.25, 0.3) is 5.91 Å². The molecule has 1 aliphatic heterocycles. The first-order chi connectivity index (χ1) is 12.6. The maximum atomic E-state index is 12.0. The van der Waals surface area contributed by atoms with Crippen LogP contribution in [0.15, 0.2) is 69.2 Å². The molecule has 0 radical (unpaired) electrons. The van der Waals surface area contributed by atoms with Crippen molar-refractivity contribution in [3.05, 3.63) is 76.0 Å². The minimum atomic E-state index is -0.281. The largest absolute Gasteiger partial charge is 0.455 e. The topological polar surface area (TPSA) is 67.0 Å². The molecule has 0 fully saturated rings. The summed E-state index contributed by atoms with van der Waals surface area (Å²) >= 11 is 12.1. The Morgan fingerprint density at radius 3 is 2.69 bits per heavy atom. The van der Waals surface area contributed by atoms with E-state index in [9.17, 15) is 4.79 Å². The van der Waals surface area contributed by atoms with Crippen LogP contribution in [0, 0.1) is 0 Å². The van der Waals surface area contributed by atoms with E-state index in [0.29, 0.717) is 21.6 Å². The van der Waals surface area contributed by atoms with E-state index in [0.717, 1.165) is 16.8 Å². The molecule has 26 heavy (non-hydrogen) atoms. The second-order valence-electron chi connectivity index (χ2n) is 5.52. The number of carbonyl (C=O) groups excluding carboxylic acids is 1. The number of hydrogen-bond donors (Lipinski definition) is 1. The Labute approximate surface area is 159 Å². The summed E-state index contributed by atoms with van der Waals surface area (Å²) in [7, 11) is 0. The Hall–Kier alpha value is -2.89. The molecule has 0 spiro atoms. The van der Waals surface area contributed by atoms with E-state index in [1.54, 1.807) is 30.3 Å². The summed E-state index contributed by atoms with van der Waals surface area (Å²) in [5.41, 5.74) is 2.45. The van der Waals surface area contributed by atoms with Gasteiger partial charge in [-0.25, -0.2) is 0 Å². The van der Waals surface area contributed by atoms with E-state index >= 15 is 0 Å². The van der Waals surface area contributed by atoms with Crippen LogP contribution in [-0.4, -0.2) is 17.8 Å². The van der Waals surface area contributed by atoms with Gasteiger partial charge >= 0.3 is 0 Å². The van der Waals surface area contributed by atoms with Crippen molar-refractivity contribution in [1.82, 2.24) is 0 Å². The van der Waals surface area contributed by atoms with Gasteiger partial charge in [-0.3, -0.25) is 4.79 Å². The molecule has 128 valence electrons. The summed E-state index contributed by atoms with van der Waals surface area (Å²) in [6, 6.07) is 16.0. The highest BCUT2D eigenvalue weighted by Gasteiger charge is 2.25. The molecule has 0 unspecified atom stereocenters. The third-order valence-electron chi connectivity index (χ3n) is 3.81. The van der Waals surface area contributed by atoms with Crippen LogP contribution in [0.1, 0.15) is 11.3 Å². The Bertz CT molecular complexity index is 1070. The Morgan fingerprint density at radius 1 is 1.00 bits per heavy atom. The van der Waals surface area contributed by atoms with Crippen LogP contribution in [0.5, 0.6) is 0 Å². The molecule has 3 aromatic rings. The lowest BCUT2D eigenvalue weighted by Crippen LogP contribution is -2.13. The number of hydrogen-bond acceptors (Lipinski definition) is 4. The molecule has 1 aliphatic rings. The highest BCUT2D eigenvalue weighted by atomic mass is 35.5. The Kier molecular flexibility index (Phi) is 4.32. The van der Waals surface area contributed by atoms with Crippen molar-refractivity contribution < 1.29 is 9.21 Å². The molecule has 0 bridgehead atoms. The third kappa shape index (κ3) is 3.14. The first-order valence-electron chi connectivity index (χ1n) is 7.69. The van der Waals surface area contributed by atoms with Gasteiger partial charge in [0.2, 0.25) is 0 Å². The van der Waals surface area contributed by atoms with Crippen molar-refractivity contribution in [3.63, 3.8) is 0 Å². The van der Waals surface area contributed by atoms with Crippen molar-refractivity contribution in [2.45, 2.75) is 0 Å². The number of fused-ring (bicyclic) bond motifs is 1. The number of nitrogens with one attached hydrogen (secondary N) is 1. The molecule has 1 N–H and O–H groups in total. The quantitative estimate of drug-likeness (QED) is 0.509. The van der Waals surface area contributed by atoms with Crippen LogP contribution in [0.4, 0.5) is 5.69 Å². The van der Waals surface area contributed by atoms with E-state index in [1.807, 2.05) is 24.3 Å². The summed E-state index contributed by atoms with van der Waals surface area (Å²) in [5, 5.41) is 11.8. The monoisotopic (exact) mass is 383 g/mol. The van der Waals surface area contributed by atoms with Crippen molar-refractivity contribution in [1.29, 1.82) is 0 Å². The normalized spacial score (nSPS) is 14.8. The van der Waals surface area contributed by atoms with Gasteiger partial charge in [-0.05, 0) is 36.4 Å². The van der Waals surface area contributed by atoms with Crippen LogP contribution in [-0.2, 0) is 4.79 Å². The van der Waals surface area contributed by atoms with Crippen LogP contribution in [0.2, 0.25) is 10.0 Å². The summed E-state index contributed by atoms with van der Waals surface area (Å²) in [4.78, 5) is 12.0. The average Bonchev–Trinajstić information content (AvgIpc) is 3.20. The Balaban J connectivity index is 1.57. The molecule has 5 nitrogen and oxygen atoms in total. The van der Waals surface area contributed by atoms with Gasteiger partial charge in [0.05, 0.1) is 16.9 Å². The molecule has 1 aromatic heterocycles. The zero-order valence-electron chi connectivity index (χ0n) is 13.2. The molecule has 2 aromatic carbocycles. The highest BCUT2D eigenvalue weighted by molar-refractivity contribution is 6.53. The summed E-state index contributed by atoms with van der Waals surface area (Å²) in [5.74, 6) is 0.795. The third-order valence-corrected chi connectivity index (χ3v) is 4.36. The zero-order chi connectivity index (χ0) is 18.1. The molecule has 4 rings (SSSR count). The fraction of sp³-hybridized carbons (Fsp3) is 0. The van der Waals surface area contributed by atoms with Gasteiger partial charge in [-0.2, -0.15) is 5.10 Å². The average molecular weight is 384 g/mol. The van der Waals surface area contributed by atoms with Gasteiger partial charge < -0.3 is 9.73 Å². The number of benzene rings is 2. The van der Waals surface area contributed by atoms with E-state index < -0.39 is 0 Å². The first kappa shape index (κ1) is 16.6. The predicted octanol–water partition coefficient (Wildman–Crippen LogP) is 5.03. The smallest absolute Gasteiger partial charge is 0.276 e. The van der Waals surface area contributed by atoms with Gasteiger partial charge in [-0.15, -0.1) is 5.10 Å². The summed E-state index contributed by atoms with van der Waals surface area (Å²) in [6.45, 7) is 0. The highest BCUT2D eigenvalue weighted by Crippen LogP contribution is 2.31. The standard InChI is InChI=1S/C19H11Cl2N3O2/c20-11-5-7-13(15(21)9-11)17-8-6-12(26-17)10-22-24-18-14-3-1-2-4-16(14)23-19(18)25/h1-10H,(H,23,24,25)/b22-10-. The molecular weight excluding hydrogens is 373 g/mol. The zero-order valence-corrected chi connectivity index (χ0v) is 14.8. The maximum absolute atomic E-state index is 12.0. The second kappa shape index (κ2) is 6.78. The SMILES string of the molecule is O=C1Nc2ccccc2/C1=N/N=C\c1ccc(-c2ccc(Cl)cc2Cl)o1. The lowest BCUT2D eigenvalue weighted by atomic mass is 10.1. The lowest BCUT2D eigenvalue weighted by molar-refractivity contribution is -0.110. The van der Waals surface area contributed by atoms with E-state index in [1.165, 1.54) is 6.21 Å².